The Bertz CT molecular complexity index is 1150. The number of hydrogen-bond donors (Lipinski definition) is 3. The molecule has 0 saturated heterocycles. The van der Waals surface area contributed by atoms with Gasteiger partial charge in [0.05, 0.1) is 10.7 Å². The molecule has 3 aromatic rings. The highest BCUT2D eigenvalue weighted by Gasteiger charge is 2.26. The van der Waals surface area contributed by atoms with E-state index in [1.54, 1.807) is 42.5 Å². The minimum Gasteiger partial charge on any atom is -0.385 e. The zero-order chi connectivity index (χ0) is 22.5. The first-order valence-electron chi connectivity index (χ1n) is 10.5. The van der Waals surface area contributed by atoms with E-state index < -0.39 is 6.03 Å². The summed E-state index contributed by atoms with van der Waals surface area (Å²) in [5.41, 5.74) is 3.85. The fourth-order valence-corrected chi connectivity index (χ4v) is 4.30. The van der Waals surface area contributed by atoms with Gasteiger partial charge in [-0.25, -0.2) is 4.79 Å². The van der Waals surface area contributed by atoms with Crippen LogP contribution in [-0.4, -0.2) is 18.4 Å². The quantitative estimate of drug-likeness (QED) is 0.375. The van der Waals surface area contributed by atoms with Crippen LogP contribution < -0.4 is 16.0 Å². The smallest absolute Gasteiger partial charge is 0.319 e. The monoisotopic (exact) mass is 467 g/mol. The lowest BCUT2D eigenvalue weighted by atomic mass is 9.87. The molecule has 2 amide bonds. The molecule has 32 heavy (non-hydrogen) atoms. The fourth-order valence-electron chi connectivity index (χ4n) is 3.87. The maximum absolute atomic E-state index is 13.3. The second kappa shape index (κ2) is 10.1. The number of rotatable bonds is 5. The van der Waals surface area contributed by atoms with Gasteiger partial charge >= 0.3 is 6.03 Å². The molecule has 3 aromatic carbocycles. The molecule has 7 heteroatoms. The number of fused-ring (bicyclic) bond motifs is 1. The van der Waals surface area contributed by atoms with Crippen LogP contribution in [0.5, 0.6) is 0 Å². The molecule has 164 valence electrons. The number of para-hydroxylation sites is 2. The average molecular weight is 468 g/mol. The lowest BCUT2D eigenvalue weighted by Crippen LogP contribution is -2.28. The molecular weight excluding hydrogens is 445 g/mol. The summed E-state index contributed by atoms with van der Waals surface area (Å²) in [6.45, 7) is 1.07. The fraction of sp³-hybridized carbons (Fsp3) is 0.200. The van der Waals surface area contributed by atoms with Gasteiger partial charge < -0.3 is 16.0 Å². The number of urea groups is 1. The zero-order valence-corrected chi connectivity index (χ0v) is 18.8. The Balaban J connectivity index is 1.44. The number of carbonyl (C=O) groups excluding carboxylic acids is 2. The van der Waals surface area contributed by atoms with Crippen molar-refractivity contribution < 1.29 is 9.59 Å². The predicted octanol–water partition coefficient (Wildman–Crippen LogP) is 6.49. The van der Waals surface area contributed by atoms with E-state index in [0.29, 0.717) is 21.3 Å². The molecule has 3 N–H and O–H groups in total. The van der Waals surface area contributed by atoms with Crippen molar-refractivity contribution in [2.75, 3.05) is 17.2 Å². The normalized spacial score (nSPS) is 15.1. The second-order valence-electron chi connectivity index (χ2n) is 7.67. The summed E-state index contributed by atoms with van der Waals surface area (Å²) < 4.78 is 0. The summed E-state index contributed by atoms with van der Waals surface area (Å²) in [5, 5.41) is 9.76. The summed E-state index contributed by atoms with van der Waals surface area (Å²) in [4.78, 5) is 25.5. The molecule has 5 nitrogen and oxygen atoms in total. The van der Waals surface area contributed by atoms with Crippen molar-refractivity contribution in [3.05, 3.63) is 93.5 Å². The van der Waals surface area contributed by atoms with Gasteiger partial charge in [0.1, 0.15) is 0 Å². The third kappa shape index (κ3) is 5.06. The van der Waals surface area contributed by atoms with Crippen LogP contribution in [0.2, 0.25) is 10.0 Å². The number of anilines is 2. The number of Topliss-reactive ketones (excluding diaryl/α,β-unsaturated/α-hetero) is 1. The molecule has 0 fully saturated rings. The minimum atomic E-state index is -0.392. The molecule has 0 saturated carbocycles. The Hall–Kier alpha value is -3.02. The summed E-state index contributed by atoms with van der Waals surface area (Å²) in [7, 11) is 0. The van der Waals surface area contributed by atoms with Crippen LogP contribution in [0.25, 0.3) is 0 Å². The minimum absolute atomic E-state index is 0.0546. The molecule has 0 spiro atoms. The van der Waals surface area contributed by atoms with E-state index in [9.17, 15) is 9.59 Å². The first-order chi connectivity index (χ1) is 15.5. The molecule has 0 aliphatic carbocycles. The molecule has 1 atom stereocenters. The molecular formula is C25H23Cl2N3O2. The van der Waals surface area contributed by atoms with Crippen molar-refractivity contribution in [2.45, 2.75) is 25.3 Å². The van der Waals surface area contributed by atoms with E-state index in [1.807, 2.05) is 24.3 Å². The molecule has 0 bridgehead atoms. The number of benzene rings is 3. The lowest BCUT2D eigenvalue weighted by molar-refractivity contribution is 0.0955. The third-order valence-corrected chi connectivity index (χ3v) is 6.22. The van der Waals surface area contributed by atoms with Crippen molar-refractivity contribution in [3.63, 3.8) is 0 Å². The predicted molar refractivity (Wildman–Crippen MR) is 130 cm³/mol. The highest BCUT2D eigenvalue weighted by molar-refractivity contribution is 6.33. The van der Waals surface area contributed by atoms with Crippen LogP contribution in [0.4, 0.5) is 16.2 Å². The molecule has 0 radical (unpaired) electrons. The first kappa shape index (κ1) is 22.2. The number of amides is 2. The van der Waals surface area contributed by atoms with Crippen molar-refractivity contribution in [2.24, 2.45) is 0 Å². The Morgan fingerprint density at radius 3 is 2.56 bits per heavy atom. The van der Waals surface area contributed by atoms with Crippen LogP contribution >= 0.6 is 23.2 Å². The number of hydrogen-bond acceptors (Lipinski definition) is 3. The van der Waals surface area contributed by atoms with Gasteiger partial charge in [-0.3, -0.25) is 4.79 Å². The number of ketones is 1. The van der Waals surface area contributed by atoms with Crippen molar-refractivity contribution in [1.82, 2.24) is 5.32 Å². The van der Waals surface area contributed by atoms with Crippen LogP contribution in [0.15, 0.2) is 66.7 Å². The lowest BCUT2D eigenvalue weighted by Gasteiger charge is -2.17. The van der Waals surface area contributed by atoms with E-state index in [4.69, 9.17) is 23.2 Å². The molecule has 1 heterocycles. The standard InChI is InChI=1S/C25H23Cl2N3O2/c26-20-8-2-4-10-23(20)30-25(32)29-15-17-12-11-16(14-21(17)27)24(31)19-7-5-13-28-22-9-3-1-6-18(19)22/h1-4,6,8-12,14,19,28H,5,7,13,15H2,(H2,29,30,32). The maximum Gasteiger partial charge on any atom is 0.319 e. The van der Waals surface area contributed by atoms with Gasteiger partial charge in [-0.1, -0.05) is 65.7 Å². The Labute approximate surface area is 197 Å². The molecule has 4 rings (SSSR count). The van der Waals surface area contributed by atoms with Crippen LogP contribution in [-0.2, 0) is 6.54 Å². The van der Waals surface area contributed by atoms with E-state index >= 15 is 0 Å². The van der Waals surface area contributed by atoms with E-state index in [2.05, 4.69) is 16.0 Å². The van der Waals surface area contributed by atoms with Crippen molar-refractivity contribution >= 4 is 46.4 Å². The van der Waals surface area contributed by atoms with Crippen molar-refractivity contribution in [3.8, 4) is 0 Å². The topological polar surface area (TPSA) is 70.2 Å². The van der Waals surface area contributed by atoms with Crippen LogP contribution in [0.1, 0.15) is 40.2 Å². The number of carbonyl (C=O) groups is 2. The van der Waals surface area contributed by atoms with Gasteiger partial charge in [0.25, 0.3) is 0 Å². The van der Waals surface area contributed by atoms with Gasteiger partial charge in [-0.2, -0.15) is 0 Å². The molecule has 1 aliphatic heterocycles. The number of nitrogens with one attached hydrogen (secondary N) is 3. The van der Waals surface area contributed by atoms with Gasteiger partial charge in [0.15, 0.2) is 5.78 Å². The maximum atomic E-state index is 13.3. The van der Waals surface area contributed by atoms with E-state index in [0.717, 1.165) is 36.2 Å². The van der Waals surface area contributed by atoms with E-state index in [1.165, 1.54) is 0 Å². The largest absolute Gasteiger partial charge is 0.385 e. The third-order valence-electron chi connectivity index (χ3n) is 5.54. The van der Waals surface area contributed by atoms with Gasteiger partial charge in [0, 0.05) is 35.3 Å². The summed E-state index contributed by atoms with van der Waals surface area (Å²) in [6, 6.07) is 19.8. The first-order valence-corrected chi connectivity index (χ1v) is 11.2. The van der Waals surface area contributed by atoms with Crippen LogP contribution in [0.3, 0.4) is 0 Å². The molecule has 1 unspecified atom stereocenters. The molecule has 0 aromatic heterocycles. The Morgan fingerprint density at radius 2 is 1.75 bits per heavy atom. The van der Waals surface area contributed by atoms with Crippen molar-refractivity contribution in [1.29, 1.82) is 0 Å². The number of halogens is 2. The SMILES string of the molecule is O=C(NCc1ccc(C(=O)C2CCCNc3ccccc32)cc1Cl)Nc1ccccc1Cl. The average Bonchev–Trinajstić information content (AvgIpc) is 3.02. The van der Waals surface area contributed by atoms with E-state index in [-0.39, 0.29) is 18.2 Å². The second-order valence-corrected chi connectivity index (χ2v) is 8.48. The summed E-state index contributed by atoms with van der Waals surface area (Å²) in [6.07, 6.45) is 1.70. The molecule has 1 aliphatic rings. The summed E-state index contributed by atoms with van der Waals surface area (Å²) in [5.74, 6) is -0.151. The highest BCUT2D eigenvalue weighted by Crippen LogP contribution is 2.34. The Kier molecular flexibility index (Phi) is 6.98. The zero-order valence-electron chi connectivity index (χ0n) is 17.3. The summed E-state index contributed by atoms with van der Waals surface area (Å²) >= 11 is 12.5. The Morgan fingerprint density at radius 1 is 0.969 bits per heavy atom. The van der Waals surface area contributed by atoms with Crippen LogP contribution in [0, 0.1) is 0 Å². The highest BCUT2D eigenvalue weighted by atomic mass is 35.5. The van der Waals surface area contributed by atoms with Gasteiger partial charge in [-0.05, 0) is 48.2 Å². The van der Waals surface area contributed by atoms with Gasteiger partial charge in [0.2, 0.25) is 0 Å². The van der Waals surface area contributed by atoms with Gasteiger partial charge in [-0.15, -0.1) is 0 Å².